The van der Waals surface area contributed by atoms with E-state index in [9.17, 15) is 4.79 Å². The first-order valence-electron chi connectivity index (χ1n) is 8.53. The standard InChI is InChI=1S/C17H24N4O3/c1-13(24-12-14-6-3-5-11-23-14)17(22)18-9-8-16-20-19-15-7-2-4-10-21(15)16/h2,4,7,10,13-14H,3,5-6,8-9,11-12H2,1H3,(H,18,22)/t13-,14+/m0/s1. The van der Waals surface area contributed by atoms with Crippen molar-refractivity contribution in [2.45, 2.75) is 44.8 Å². The molecule has 1 aliphatic heterocycles. The van der Waals surface area contributed by atoms with Gasteiger partial charge in [0.2, 0.25) is 5.91 Å². The minimum atomic E-state index is -0.481. The van der Waals surface area contributed by atoms with Crippen LogP contribution in [0.25, 0.3) is 5.65 Å². The van der Waals surface area contributed by atoms with Crippen molar-refractivity contribution < 1.29 is 14.3 Å². The highest BCUT2D eigenvalue weighted by atomic mass is 16.5. The summed E-state index contributed by atoms with van der Waals surface area (Å²) >= 11 is 0. The van der Waals surface area contributed by atoms with Gasteiger partial charge in [-0.15, -0.1) is 10.2 Å². The Bertz CT molecular complexity index is 667. The van der Waals surface area contributed by atoms with Crippen molar-refractivity contribution in [1.29, 1.82) is 0 Å². The van der Waals surface area contributed by atoms with E-state index in [0.717, 1.165) is 30.9 Å². The molecule has 7 heteroatoms. The predicted molar refractivity (Wildman–Crippen MR) is 88.7 cm³/mol. The molecule has 1 amide bonds. The summed E-state index contributed by atoms with van der Waals surface area (Å²) in [6.07, 6.45) is 5.47. The maximum atomic E-state index is 12.1. The highest BCUT2D eigenvalue weighted by Gasteiger charge is 2.18. The zero-order chi connectivity index (χ0) is 16.8. The second-order valence-electron chi connectivity index (χ2n) is 6.05. The second kappa shape index (κ2) is 8.21. The van der Waals surface area contributed by atoms with Crippen molar-refractivity contribution in [3.63, 3.8) is 0 Å². The summed E-state index contributed by atoms with van der Waals surface area (Å²) in [5, 5.41) is 11.1. The number of rotatable bonds is 7. The van der Waals surface area contributed by atoms with Crippen molar-refractivity contribution in [2.24, 2.45) is 0 Å². The lowest BCUT2D eigenvalue weighted by Gasteiger charge is -2.23. The molecule has 1 aliphatic rings. The lowest BCUT2D eigenvalue weighted by molar-refractivity contribution is -0.135. The van der Waals surface area contributed by atoms with Crippen molar-refractivity contribution in [3.05, 3.63) is 30.2 Å². The molecule has 3 rings (SSSR count). The fourth-order valence-corrected chi connectivity index (χ4v) is 2.77. The van der Waals surface area contributed by atoms with Crippen molar-refractivity contribution >= 4 is 11.6 Å². The van der Waals surface area contributed by atoms with Crippen LogP contribution in [0, 0.1) is 0 Å². The molecule has 0 unspecified atom stereocenters. The number of hydrogen-bond donors (Lipinski definition) is 1. The number of nitrogens with zero attached hydrogens (tertiary/aromatic N) is 3. The largest absolute Gasteiger partial charge is 0.376 e. The molecule has 0 bridgehead atoms. The minimum absolute atomic E-state index is 0.111. The number of nitrogens with one attached hydrogen (secondary N) is 1. The van der Waals surface area contributed by atoms with Crippen LogP contribution in [0.3, 0.4) is 0 Å². The van der Waals surface area contributed by atoms with Gasteiger partial charge >= 0.3 is 0 Å². The Morgan fingerprint density at radius 3 is 3.21 bits per heavy atom. The molecule has 0 aliphatic carbocycles. The molecule has 2 aromatic heterocycles. The summed E-state index contributed by atoms with van der Waals surface area (Å²) in [6, 6.07) is 5.75. The molecule has 7 nitrogen and oxygen atoms in total. The molecule has 0 spiro atoms. The Morgan fingerprint density at radius 1 is 1.46 bits per heavy atom. The Hall–Kier alpha value is -1.99. The summed E-state index contributed by atoms with van der Waals surface area (Å²) in [6.45, 7) is 3.54. The van der Waals surface area contributed by atoms with E-state index < -0.39 is 6.10 Å². The third-order valence-corrected chi connectivity index (χ3v) is 4.21. The van der Waals surface area contributed by atoms with Gasteiger partial charge in [0, 0.05) is 25.8 Å². The molecule has 0 saturated carbocycles. The molecular formula is C17H24N4O3. The summed E-state index contributed by atoms with van der Waals surface area (Å²) in [7, 11) is 0. The molecule has 1 fully saturated rings. The van der Waals surface area contributed by atoms with Crippen LogP contribution in [-0.4, -0.2) is 52.5 Å². The Balaban J connectivity index is 1.40. The zero-order valence-electron chi connectivity index (χ0n) is 14.0. The molecule has 2 aromatic rings. The topological polar surface area (TPSA) is 77.8 Å². The van der Waals surface area contributed by atoms with E-state index in [1.54, 1.807) is 6.92 Å². The van der Waals surface area contributed by atoms with Crippen LogP contribution in [0.5, 0.6) is 0 Å². The number of aromatic nitrogens is 3. The van der Waals surface area contributed by atoms with E-state index >= 15 is 0 Å². The van der Waals surface area contributed by atoms with E-state index in [2.05, 4.69) is 15.5 Å². The smallest absolute Gasteiger partial charge is 0.248 e. The van der Waals surface area contributed by atoms with E-state index in [0.29, 0.717) is 19.6 Å². The first kappa shape index (κ1) is 16.9. The quantitative estimate of drug-likeness (QED) is 0.828. The first-order valence-corrected chi connectivity index (χ1v) is 8.53. The monoisotopic (exact) mass is 332 g/mol. The van der Waals surface area contributed by atoms with E-state index in [1.165, 1.54) is 6.42 Å². The van der Waals surface area contributed by atoms with Crippen LogP contribution < -0.4 is 5.32 Å². The number of ether oxygens (including phenoxy) is 2. The molecule has 3 heterocycles. The summed E-state index contributed by atoms with van der Waals surface area (Å²) in [4.78, 5) is 12.1. The zero-order valence-corrected chi connectivity index (χ0v) is 14.0. The van der Waals surface area contributed by atoms with Gasteiger partial charge < -0.3 is 14.8 Å². The lowest BCUT2D eigenvalue weighted by Crippen LogP contribution is -2.37. The van der Waals surface area contributed by atoms with Gasteiger partial charge in [-0.25, -0.2) is 0 Å². The average molecular weight is 332 g/mol. The van der Waals surface area contributed by atoms with Crippen molar-refractivity contribution in [1.82, 2.24) is 19.9 Å². The molecule has 130 valence electrons. The molecule has 0 radical (unpaired) electrons. The summed E-state index contributed by atoms with van der Waals surface area (Å²) in [5.41, 5.74) is 0.808. The van der Waals surface area contributed by atoms with Gasteiger partial charge in [0.05, 0.1) is 12.7 Å². The minimum Gasteiger partial charge on any atom is -0.376 e. The number of amides is 1. The molecule has 1 saturated heterocycles. The average Bonchev–Trinajstić information content (AvgIpc) is 3.04. The normalized spacial score (nSPS) is 19.3. The van der Waals surface area contributed by atoms with Crippen LogP contribution in [0.2, 0.25) is 0 Å². The molecule has 2 atom stereocenters. The number of pyridine rings is 1. The third kappa shape index (κ3) is 4.30. The highest BCUT2D eigenvalue weighted by molar-refractivity contribution is 5.80. The SMILES string of the molecule is C[C@H](OC[C@H]1CCCCO1)C(=O)NCCc1nnc2ccccn12. The molecule has 1 N–H and O–H groups in total. The van der Waals surface area contributed by atoms with Gasteiger partial charge in [-0.3, -0.25) is 9.20 Å². The molecular weight excluding hydrogens is 308 g/mol. The molecule has 24 heavy (non-hydrogen) atoms. The van der Waals surface area contributed by atoms with Gasteiger partial charge in [0.15, 0.2) is 5.65 Å². The van der Waals surface area contributed by atoms with E-state index in [-0.39, 0.29) is 12.0 Å². The van der Waals surface area contributed by atoms with Crippen LogP contribution in [0.4, 0.5) is 0 Å². The Morgan fingerprint density at radius 2 is 2.38 bits per heavy atom. The van der Waals surface area contributed by atoms with Crippen molar-refractivity contribution in [2.75, 3.05) is 19.8 Å². The van der Waals surface area contributed by atoms with Gasteiger partial charge in [-0.1, -0.05) is 6.07 Å². The van der Waals surface area contributed by atoms with Crippen LogP contribution in [0.1, 0.15) is 32.0 Å². The fraction of sp³-hybridized carbons (Fsp3) is 0.588. The third-order valence-electron chi connectivity index (χ3n) is 4.21. The number of fused-ring (bicyclic) bond motifs is 1. The maximum absolute atomic E-state index is 12.1. The molecule has 0 aromatic carbocycles. The number of carbonyl (C=O) groups is 1. The number of hydrogen-bond acceptors (Lipinski definition) is 5. The van der Waals surface area contributed by atoms with Crippen LogP contribution in [-0.2, 0) is 20.7 Å². The van der Waals surface area contributed by atoms with Gasteiger partial charge in [0.1, 0.15) is 11.9 Å². The van der Waals surface area contributed by atoms with Crippen molar-refractivity contribution in [3.8, 4) is 0 Å². The Labute approximate surface area is 141 Å². The van der Waals surface area contributed by atoms with Gasteiger partial charge in [0.25, 0.3) is 0 Å². The second-order valence-corrected chi connectivity index (χ2v) is 6.05. The first-order chi connectivity index (χ1) is 11.7. The van der Waals surface area contributed by atoms with Gasteiger partial charge in [-0.05, 0) is 38.3 Å². The Kier molecular flexibility index (Phi) is 5.77. The van der Waals surface area contributed by atoms with Gasteiger partial charge in [-0.2, -0.15) is 0 Å². The highest BCUT2D eigenvalue weighted by Crippen LogP contribution is 2.13. The van der Waals surface area contributed by atoms with E-state index in [1.807, 2.05) is 28.8 Å². The maximum Gasteiger partial charge on any atom is 0.248 e. The summed E-state index contributed by atoms with van der Waals surface area (Å²) < 4.78 is 13.2. The van der Waals surface area contributed by atoms with Crippen LogP contribution in [0.15, 0.2) is 24.4 Å². The lowest BCUT2D eigenvalue weighted by atomic mass is 10.1. The predicted octanol–water partition coefficient (Wildman–Crippen LogP) is 1.36. The van der Waals surface area contributed by atoms with E-state index in [4.69, 9.17) is 9.47 Å². The van der Waals surface area contributed by atoms with Crippen LogP contribution >= 0.6 is 0 Å². The summed E-state index contributed by atoms with van der Waals surface area (Å²) in [5.74, 6) is 0.717. The number of carbonyl (C=O) groups excluding carboxylic acids is 1. The fourth-order valence-electron chi connectivity index (χ4n) is 2.77.